The Morgan fingerprint density at radius 2 is 2.00 bits per heavy atom. The topological polar surface area (TPSA) is 9.23 Å². The van der Waals surface area contributed by atoms with Crippen molar-refractivity contribution in [2.45, 2.75) is 32.8 Å². The van der Waals surface area contributed by atoms with E-state index >= 15 is 0 Å². The monoisotopic (exact) mass is 302 g/mol. The molecule has 0 saturated carbocycles. The zero-order chi connectivity index (χ0) is 12.9. The second kappa shape index (κ2) is 6.50. The summed E-state index contributed by atoms with van der Waals surface area (Å²) in [5.41, 5.74) is 0.0147. The van der Waals surface area contributed by atoms with Gasteiger partial charge in [0, 0.05) is 17.5 Å². The molecule has 96 valence electrons. The first-order valence-electron chi connectivity index (χ1n) is 5.94. The maximum absolute atomic E-state index is 13.8. The van der Waals surface area contributed by atoms with Crippen LogP contribution in [-0.4, -0.2) is 11.9 Å². The van der Waals surface area contributed by atoms with Crippen LogP contribution in [-0.2, 0) is 10.3 Å². The quantitative estimate of drug-likeness (QED) is 0.703. The molecular weight excluding hydrogens is 283 g/mol. The second-order valence-corrected chi connectivity index (χ2v) is 5.44. The third-order valence-electron chi connectivity index (χ3n) is 2.81. The van der Waals surface area contributed by atoms with Gasteiger partial charge in [-0.2, -0.15) is 0 Å². The second-order valence-electron chi connectivity index (χ2n) is 4.88. The molecule has 1 nitrogen and oxygen atoms in total. The Morgan fingerprint density at radius 3 is 2.53 bits per heavy atom. The van der Waals surface area contributed by atoms with E-state index in [9.17, 15) is 4.39 Å². The average molecular weight is 303 g/mol. The van der Waals surface area contributed by atoms with Gasteiger partial charge in [-0.3, -0.25) is 0 Å². The first kappa shape index (κ1) is 14.7. The van der Waals surface area contributed by atoms with Gasteiger partial charge in [-0.05, 0) is 25.3 Å². The molecule has 17 heavy (non-hydrogen) atoms. The fraction of sp³-hybridized carbons (Fsp3) is 0.571. The lowest BCUT2D eigenvalue weighted by Crippen LogP contribution is -2.29. The van der Waals surface area contributed by atoms with Crippen LogP contribution in [0.3, 0.4) is 0 Å². The fourth-order valence-corrected chi connectivity index (χ4v) is 2.06. The zero-order valence-electron chi connectivity index (χ0n) is 10.7. The van der Waals surface area contributed by atoms with Crippen LogP contribution in [0.5, 0.6) is 0 Å². The van der Waals surface area contributed by atoms with Crippen molar-refractivity contribution in [1.29, 1.82) is 0 Å². The van der Waals surface area contributed by atoms with Crippen molar-refractivity contribution >= 4 is 15.9 Å². The van der Waals surface area contributed by atoms with E-state index in [4.69, 9.17) is 4.74 Å². The Labute approximate surface area is 111 Å². The molecule has 0 amide bonds. The van der Waals surface area contributed by atoms with E-state index in [1.165, 1.54) is 6.07 Å². The number of halogens is 2. The van der Waals surface area contributed by atoms with Crippen LogP contribution in [0.15, 0.2) is 24.3 Å². The summed E-state index contributed by atoms with van der Waals surface area (Å²) >= 11 is 3.42. The van der Waals surface area contributed by atoms with E-state index in [1.54, 1.807) is 12.1 Å². The Hall–Kier alpha value is -0.410. The number of rotatable bonds is 6. The SMILES string of the molecule is CC(C)CCOC(C)(CBr)c1ccccc1F. The Kier molecular flexibility index (Phi) is 5.60. The molecule has 0 aliphatic rings. The number of benzene rings is 1. The summed E-state index contributed by atoms with van der Waals surface area (Å²) in [6, 6.07) is 6.79. The molecule has 0 radical (unpaired) electrons. The summed E-state index contributed by atoms with van der Waals surface area (Å²) in [6.07, 6.45) is 0.983. The van der Waals surface area contributed by atoms with E-state index in [1.807, 2.05) is 13.0 Å². The van der Waals surface area contributed by atoms with Crippen molar-refractivity contribution < 1.29 is 9.13 Å². The van der Waals surface area contributed by atoms with Crippen molar-refractivity contribution in [3.05, 3.63) is 35.6 Å². The standard InChI is InChI=1S/C14H20BrFO/c1-11(2)8-9-17-14(3,10-15)12-6-4-5-7-13(12)16/h4-7,11H,8-10H2,1-3H3. The van der Waals surface area contributed by atoms with Crippen LogP contribution in [0.1, 0.15) is 32.8 Å². The lowest BCUT2D eigenvalue weighted by atomic mass is 9.97. The first-order chi connectivity index (χ1) is 7.99. The minimum absolute atomic E-state index is 0.209. The molecule has 0 aliphatic heterocycles. The number of hydrogen-bond acceptors (Lipinski definition) is 1. The van der Waals surface area contributed by atoms with Gasteiger partial charge in [0.25, 0.3) is 0 Å². The molecule has 0 aliphatic carbocycles. The van der Waals surface area contributed by atoms with Crippen molar-refractivity contribution in [2.24, 2.45) is 5.92 Å². The van der Waals surface area contributed by atoms with Crippen molar-refractivity contribution in [1.82, 2.24) is 0 Å². The van der Waals surface area contributed by atoms with Crippen molar-refractivity contribution in [2.75, 3.05) is 11.9 Å². The van der Waals surface area contributed by atoms with Gasteiger partial charge >= 0.3 is 0 Å². The van der Waals surface area contributed by atoms with Crippen molar-refractivity contribution in [3.8, 4) is 0 Å². The summed E-state index contributed by atoms with van der Waals surface area (Å²) in [7, 11) is 0. The van der Waals surface area contributed by atoms with Gasteiger partial charge in [0.05, 0.1) is 0 Å². The van der Waals surface area contributed by atoms with E-state index in [2.05, 4.69) is 29.8 Å². The highest BCUT2D eigenvalue weighted by molar-refractivity contribution is 9.09. The predicted octanol–water partition coefficient (Wildman–Crippen LogP) is 4.50. The van der Waals surface area contributed by atoms with Gasteiger partial charge in [0.15, 0.2) is 0 Å². The van der Waals surface area contributed by atoms with Crippen LogP contribution in [0, 0.1) is 11.7 Å². The first-order valence-corrected chi connectivity index (χ1v) is 7.06. The van der Waals surface area contributed by atoms with E-state index in [0.717, 1.165) is 6.42 Å². The summed E-state index contributed by atoms with van der Waals surface area (Å²) in [5, 5.41) is 0.582. The van der Waals surface area contributed by atoms with Gasteiger partial charge < -0.3 is 4.74 Å². The molecular formula is C14H20BrFO. The van der Waals surface area contributed by atoms with Gasteiger partial charge in [-0.1, -0.05) is 48.0 Å². The highest BCUT2D eigenvalue weighted by Gasteiger charge is 2.29. The lowest BCUT2D eigenvalue weighted by molar-refractivity contribution is -0.0237. The van der Waals surface area contributed by atoms with E-state index in [-0.39, 0.29) is 5.82 Å². The molecule has 1 aromatic carbocycles. The third kappa shape index (κ3) is 4.07. The van der Waals surface area contributed by atoms with Crippen LogP contribution in [0.4, 0.5) is 4.39 Å². The van der Waals surface area contributed by atoms with E-state index < -0.39 is 5.60 Å². The molecule has 1 atom stereocenters. The molecule has 0 spiro atoms. The number of ether oxygens (including phenoxy) is 1. The molecule has 1 unspecified atom stereocenters. The van der Waals surface area contributed by atoms with E-state index in [0.29, 0.717) is 23.4 Å². The Balaban J connectivity index is 2.78. The highest BCUT2D eigenvalue weighted by atomic mass is 79.9. The maximum atomic E-state index is 13.8. The van der Waals surface area contributed by atoms with Crippen LogP contribution in [0.25, 0.3) is 0 Å². The normalized spacial score (nSPS) is 14.9. The summed E-state index contributed by atoms with van der Waals surface area (Å²) in [5.74, 6) is 0.384. The summed E-state index contributed by atoms with van der Waals surface area (Å²) < 4.78 is 19.6. The Morgan fingerprint density at radius 1 is 1.35 bits per heavy atom. The molecule has 0 aromatic heterocycles. The molecule has 0 saturated heterocycles. The Bertz CT molecular complexity index is 354. The van der Waals surface area contributed by atoms with Gasteiger partial charge in [-0.15, -0.1) is 0 Å². The largest absolute Gasteiger partial charge is 0.370 e. The van der Waals surface area contributed by atoms with Crippen LogP contribution in [0.2, 0.25) is 0 Å². The highest BCUT2D eigenvalue weighted by Crippen LogP contribution is 2.30. The minimum atomic E-state index is -0.597. The maximum Gasteiger partial charge on any atom is 0.129 e. The van der Waals surface area contributed by atoms with Gasteiger partial charge in [0.1, 0.15) is 11.4 Å². The van der Waals surface area contributed by atoms with Crippen molar-refractivity contribution in [3.63, 3.8) is 0 Å². The molecule has 1 rings (SSSR count). The third-order valence-corrected chi connectivity index (χ3v) is 3.88. The van der Waals surface area contributed by atoms with Crippen LogP contribution < -0.4 is 0 Å². The van der Waals surface area contributed by atoms with Crippen LogP contribution >= 0.6 is 15.9 Å². The zero-order valence-corrected chi connectivity index (χ0v) is 12.3. The molecule has 3 heteroatoms. The summed E-state index contributed by atoms with van der Waals surface area (Å²) in [4.78, 5) is 0. The summed E-state index contributed by atoms with van der Waals surface area (Å²) in [6.45, 7) is 6.87. The molecule has 0 N–H and O–H groups in total. The number of alkyl halides is 1. The van der Waals surface area contributed by atoms with Gasteiger partial charge in [0.2, 0.25) is 0 Å². The minimum Gasteiger partial charge on any atom is -0.370 e. The lowest BCUT2D eigenvalue weighted by Gasteiger charge is -2.29. The molecule has 1 aromatic rings. The molecule has 0 bridgehead atoms. The number of hydrogen-bond donors (Lipinski definition) is 0. The smallest absolute Gasteiger partial charge is 0.129 e. The average Bonchev–Trinajstić information content (AvgIpc) is 2.29. The molecule has 0 heterocycles. The fourth-order valence-electron chi connectivity index (χ4n) is 1.60. The van der Waals surface area contributed by atoms with Gasteiger partial charge in [-0.25, -0.2) is 4.39 Å². The predicted molar refractivity (Wildman–Crippen MR) is 73.0 cm³/mol. The molecule has 0 fully saturated rings.